The molecule has 1 aromatic carbocycles. The van der Waals surface area contributed by atoms with Crippen LogP contribution in [0.1, 0.15) is 43.4 Å². The zero-order valence-electron chi connectivity index (χ0n) is 13.6. The highest BCUT2D eigenvalue weighted by Crippen LogP contribution is 2.35. The van der Waals surface area contributed by atoms with E-state index in [1.807, 2.05) is 0 Å². The molecular formula is C18H24N2O2. The van der Waals surface area contributed by atoms with Crippen LogP contribution in [0.3, 0.4) is 0 Å². The molecule has 1 aliphatic rings. The number of aromatic nitrogens is 2. The molecule has 2 aromatic rings. The number of rotatable bonds is 3. The first-order chi connectivity index (χ1) is 10.6. The highest BCUT2D eigenvalue weighted by molar-refractivity contribution is 5.75. The topological polar surface area (TPSA) is 47.2 Å². The van der Waals surface area contributed by atoms with E-state index in [9.17, 15) is 9.90 Å². The molecule has 4 heteroatoms. The van der Waals surface area contributed by atoms with E-state index in [1.165, 1.54) is 5.56 Å². The van der Waals surface area contributed by atoms with Gasteiger partial charge in [-0.2, -0.15) is 0 Å². The Labute approximate surface area is 131 Å². The fraction of sp³-hybridized carbons (Fsp3) is 0.500. The molecule has 0 aliphatic carbocycles. The van der Waals surface area contributed by atoms with Crippen molar-refractivity contribution < 1.29 is 5.11 Å². The van der Waals surface area contributed by atoms with Crippen LogP contribution < -0.4 is 5.56 Å². The summed E-state index contributed by atoms with van der Waals surface area (Å²) >= 11 is 0. The maximum Gasteiger partial charge on any atom is 0.278 e. The molecular weight excluding hydrogens is 276 g/mol. The van der Waals surface area contributed by atoms with Crippen LogP contribution in [-0.2, 0) is 25.9 Å². The van der Waals surface area contributed by atoms with E-state index >= 15 is 0 Å². The summed E-state index contributed by atoms with van der Waals surface area (Å²) in [6, 6.07) is 4.27. The summed E-state index contributed by atoms with van der Waals surface area (Å²) in [6.07, 6.45) is 3.72. The van der Waals surface area contributed by atoms with Crippen molar-refractivity contribution >= 4 is 0 Å². The molecule has 0 fully saturated rings. The summed E-state index contributed by atoms with van der Waals surface area (Å²) in [5.41, 5.74) is 4.90. The molecule has 0 atom stereocenters. The second-order valence-corrected chi connectivity index (χ2v) is 6.12. The SMILES string of the molecule is CCc1cc(C)cc(CC)c1-c1c(O)n2n(c1=O)CCCC2. The van der Waals surface area contributed by atoms with Crippen molar-refractivity contribution in [1.82, 2.24) is 9.36 Å². The quantitative estimate of drug-likeness (QED) is 0.946. The molecule has 0 saturated heterocycles. The number of nitrogens with zero attached hydrogens (tertiary/aromatic N) is 2. The monoisotopic (exact) mass is 300 g/mol. The first-order valence-corrected chi connectivity index (χ1v) is 8.23. The number of hydrogen-bond acceptors (Lipinski definition) is 2. The molecule has 1 aromatic heterocycles. The minimum atomic E-state index is -0.0505. The zero-order valence-corrected chi connectivity index (χ0v) is 13.6. The lowest BCUT2D eigenvalue weighted by atomic mass is 9.91. The van der Waals surface area contributed by atoms with Gasteiger partial charge in [-0.3, -0.25) is 9.48 Å². The molecule has 1 aliphatic heterocycles. The molecule has 0 saturated carbocycles. The summed E-state index contributed by atoms with van der Waals surface area (Å²) in [6.45, 7) is 7.70. The Morgan fingerprint density at radius 1 is 1.00 bits per heavy atom. The summed E-state index contributed by atoms with van der Waals surface area (Å²) < 4.78 is 3.45. The predicted octanol–water partition coefficient (Wildman–Crippen LogP) is 3.25. The molecule has 0 unspecified atom stereocenters. The van der Waals surface area contributed by atoms with Crippen LogP contribution in [0, 0.1) is 6.92 Å². The molecule has 0 radical (unpaired) electrons. The molecule has 3 rings (SSSR count). The number of hydrogen-bond donors (Lipinski definition) is 1. The van der Waals surface area contributed by atoms with Crippen LogP contribution in [0.15, 0.2) is 16.9 Å². The van der Waals surface area contributed by atoms with Crippen molar-refractivity contribution in [3.63, 3.8) is 0 Å². The van der Waals surface area contributed by atoms with Crippen LogP contribution in [0.4, 0.5) is 0 Å². The Balaban J connectivity index is 2.33. The zero-order chi connectivity index (χ0) is 15.9. The van der Waals surface area contributed by atoms with Crippen molar-refractivity contribution in [2.45, 2.75) is 59.5 Å². The van der Waals surface area contributed by atoms with Gasteiger partial charge in [0.1, 0.15) is 5.56 Å². The highest BCUT2D eigenvalue weighted by atomic mass is 16.3. The van der Waals surface area contributed by atoms with E-state index in [2.05, 4.69) is 32.9 Å². The molecule has 118 valence electrons. The van der Waals surface area contributed by atoms with Crippen LogP contribution in [0.2, 0.25) is 0 Å². The van der Waals surface area contributed by atoms with E-state index in [0.717, 1.165) is 48.9 Å². The third-order valence-corrected chi connectivity index (χ3v) is 4.66. The van der Waals surface area contributed by atoms with Crippen LogP contribution in [0.5, 0.6) is 5.88 Å². The minimum Gasteiger partial charge on any atom is -0.493 e. The van der Waals surface area contributed by atoms with Gasteiger partial charge in [0.15, 0.2) is 0 Å². The van der Waals surface area contributed by atoms with Gasteiger partial charge in [0, 0.05) is 13.1 Å². The second-order valence-electron chi connectivity index (χ2n) is 6.12. The Bertz CT molecular complexity index is 743. The molecule has 0 amide bonds. The van der Waals surface area contributed by atoms with Gasteiger partial charge in [0.2, 0.25) is 5.88 Å². The van der Waals surface area contributed by atoms with Gasteiger partial charge in [-0.05, 0) is 49.3 Å². The molecule has 1 N–H and O–H groups in total. The van der Waals surface area contributed by atoms with E-state index in [-0.39, 0.29) is 11.4 Å². The third-order valence-electron chi connectivity index (χ3n) is 4.66. The predicted molar refractivity (Wildman–Crippen MR) is 88.5 cm³/mol. The fourth-order valence-electron chi connectivity index (χ4n) is 3.59. The summed E-state index contributed by atoms with van der Waals surface area (Å²) in [4.78, 5) is 12.8. The summed E-state index contributed by atoms with van der Waals surface area (Å²) in [5.74, 6) is 0.137. The normalized spacial score (nSPS) is 14.1. The lowest BCUT2D eigenvalue weighted by Crippen LogP contribution is -2.27. The summed E-state index contributed by atoms with van der Waals surface area (Å²) in [5, 5.41) is 10.7. The van der Waals surface area contributed by atoms with Crippen molar-refractivity contribution in [3.8, 4) is 17.0 Å². The number of benzene rings is 1. The van der Waals surface area contributed by atoms with E-state index < -0.39 is 0 Å². The van der Waals surface area contributed by atoms with Gasteiger partial charge in [0.25, 0.3) is 5.56 Å². The maximum atomic E-state index is 12.8. The van der Waals surface area contributed by atoms with E-state index in [0.29, 0.717) is 12.1 Å². The van der Waals surface area contributed by atoms with Crippen molar-refractivity contribution in [3.05, 3.63) is 39.2 Å². The van der Waals surface area contributed by atoms with Gasteiger partial charge in [-0.15, -0.1) is 0 Å². The van der Waals surface area contributed by atoms with Crippen molar-refractivity contribution in [2.24, 2.45) is 0 Å². The Morgan fingerprint density at radius 3 is 2.05 bits per heavy atom. The van der Waals surface area contributed by atoms with Crippen LogP contribution in [0.25, 0.3) is 11.1 Å². The smallest absolute Gasteiger partial charge is 0.278 e. The summed E-state index contributed by atoms with van der Waals surface area (Å²) in [7, 11) is 0. The fourth-order valence-corrected chi connectivity index (χ4v) is 3.59. The van der Waals surface area contributed by atoms with E-state index in [4.69, 9.17) is 0 Å². The van der Waals surface area contributed by atoms with Crippen LogP contribution >= 0.6 is 0 Å². The standard InChI is InChI=1S/C18H24N2O2/c1-4-13-10-12(3)11-14(5-2)15(13)16-17(21)19-8-6-7-9-20(19)18(16)22/h10-11,21H,4-9H2,1-3H3. The first kappa shape index (κ1) is 14.9. The average Bonchev–Trinajstić information content (AvgIpc) is 2.78. The maximum absolute atomic E-state index is 12.8. The van der Waals surface area contributed by atoms with Gasteiger partial charge < -0.3 is 5.11 Å². The van der Waals surface area contributed by atoms with Crippen molar-refractivity contribution in [1.29, 1.82) is 0 Å². The second kappa shape index (κ2) is 5.67. The number of fused-ring (bicyclic) bond motifs is 1. The lowest BCUT2D eigenvalue weighted by molar-refractivity contribution is 0.305. The lowest BCUT2D eigenvalue weighted by Gasteiger charge is -2.17. The number of aromatic hydroxyl groups is 1. The highest BCUT2D eigenvalue weighted by Gasteiger charge is 2.25. The average molecular weight is 300 g/mol. The molecule has 4 nitrogen and oxygen atoms in total. The van der Waals surface area contributed by atoms with Gasteiger partial charge in [0.05, 0.1) is 0 Å². The Kier molecular flexibility index (Phi) is 3.85. The molecule has 0 spiro atoms. The largest absolute Gasteiger partial charge is 0.493 e. The molecule has 22 heavy (non-hydrogen) atoms. The third kappa shape index (κ3) is 2.18. The minimum absolute atomic E-state index is 0.0505. The molecule has 2 heterocycles. The first-order valence-electron chi connectivity index (χ1n) is 8.23. The number of aryl methyl sites for hydroxylation is 3. The van der Waals surface area contributed by atoms with Gasteiger partial charge >= 0.3 is 0 Å². The Hall–Kier alpha value is -1.97. The van der Waals surface area contributed by atoms with Crippen LogP contribution in [-0.4, -0.2) is 14.5 Å². The molecule has 0 bridgehead atoms. The van der Waals surface area contributed by atoms with E-state index in [1.54, 1.807) is 9.36 Å². The van der Waals surface area contributed by atoms with Crippen molar-refractivity contribution in [2.75, 3.05) is 0 Å². The van der Waals surface area contributed by atoms with Gasteiger partial charge in [-0.25, -0.2) is 4.68 Å². The Morgan fingerprint density at radius 2 is 1.55 bits per heavy atom. The van der Waals surface area contributed by atoms with Gasteiger partial charge in [-0.1, -0.05) is 31.5 Å².